The highest BCUT2D eigenvalue weighted by Crippen LogP contribution is 2.33. The lowest BCUT2D eigenvalue weighted by Gasteiger charge is -2.27. The van der Waals surface area contributed by atoms with Crippen LogP contribution in [0.25, 0.3) is 0 Å². The molecule has 1 rings (SSSR count). The number of rotatable bonds is 3. The molecule has 0 aromatic carbocycles. The van der Waals surface area contributed by atoms with Crippen molar-refractivity contribution in [3.05, 3.63) is 0 Å². The quantitative estimate of drug-likeness (QED) is 0.756. The van der Waals surface area contributed by atoms with Crippen LogP contribution in [0.15, 0.2) is 0 Å². The van der Waals surface area contributed by atoms with Gasteiger partial charge in [0.25, 0.3) is 0 Å². The SMILES string of the molecule is CC(C)(CC1CCCC(=O)C1)C(=O)O. The molecule has 14 heavy (non-hydrogen) atoms. The van der Waals surface area contributed by atoms with Gasteiger partial charge in [-0.3, -0.25) is 9.59 Å². The van der Waals surface area contributed by atoms with Gasteiger partial charge in [0, 0.05) is 12.8 Å². The Labute approximate surface area is 84.5 Å². The van der Waals surface area contributed by atoms with Gasteiger partial charge in [-0.1, -0.05) is 0 Å². The first-order chi connectivity index (χ1) is 6.42. The maximum atomic E-state index is 11.2. The minimum atomic E-state index is -0.768. The van der Waals surface area contributed by atoms with Gasteiger partial charge in [-0.25, -0.2) is 0 Å². The zero-order valence-electron chi connectivity index (χ0n) is 8.88. The summed E-state index contributed by atoms with van der Waals surface area (Å²) in [7, 11) is 0. The highest BCUT2D eigenvalue weighted by molar-refractivity contribution is 5.79. The molecule has 0 bridgehead atoms. The van der Waals surface area contributed by atoms with E-state index in [9.17, 15) is 9.59 Å². The monoisotopic (exact) mass is 198 g/mol. The molecule has 1 fully saturated rings. The maximum Gasteiger partial charge on any atom is 0.309 e. The Kier molecular flexibility index (Phi) is 3.29. The molecular weight excluding hydrogens is 180 g/mol. The molecule has 0 aromatic rings. The maximum absolute atomic E-state index is 11.2. The smallest absolute Gasteiger partial charge is 0.309 e. The molecule has 1 atom stereocenters. The Bertz CT molecular complexity index is 243. The third kappa shape index (κ3) is 2.82. The lowest BCUT2D eigenvalue weighted by molar-refractivity contribution is -0.148. The summed E-state index contributed by atoms with van der Waals surface area (Å²) in [6.07, 6.45) is 3.82. The van der Waals surface area contributed by atoms with Crippen LogP contribution in [-0.4, -0.2) is 16.9 Å². The fraction of sp³-hybridized carbons (Fsp3) is 0.818. The Morgan fingerprint density at radius 3 is 2.71 bits per heavy atom. The van der Waals surface area contributed by atoms with E-state index < -0.39 is 11.4 Å². The van der Waals surface area contributed by atoms with Crippen LogP contribution in [0.5, 0.6) is 0 Å². The predicted octanol–water partition coefficient (Wildman–Crippen LogP) is 2.25. The number of hydrogen-bond acceptors (Lipinski definition) is 2. The number of aliphatic carboxylic acids is 1. The summed E-state index contributed by atoms with van der Waals surface area (Å²) in [4.78, 5) is 22.1. The zero-order valence-corrected chi connectivity index (χ0v) is 8.88. The van der Waals surface area contributed by atoms with Gasteiger partial charge in [-0.15, -0.1) is 0 Å². The van der Waals surface area contributed by atoms with Crippen molar-refractivity contribution < 1.29 is 14.7 Å². The summed E-state index contributed by atoms with van der Waals surface area (Å²) < 4.78 is 0. The van der Waals surface area contributed by atoms with Gasteiger partial charge in [0.1, 0.15) is 5.78 Å². The molecule has 3 heteroatoms. The van der Waals surface area contributed by atoms with Gasteiger partial charge in [0.2, 0.25) is 0 Å². The van der Waals surface area contributed by atoms with Crippen molar-refractivity contribution in [2.45, 2.75) is 46.0 Å². The van der Waals surface area contributed by atoms with E-state index in [1.165, 1.54) is 0 Å². The minimum Gasteiger partial charge on any atom is -0.481 e. The number of carbonyl (C=O) groups excluding carboxylic acids is 1. The molecule has 0 amide bonds. The first-order valence-corrected chi connectivity index (χ1v) is 5.17. The van der Waals surface area contributed by atoms with Crippen LogP contribution in [-0.2, 0) is 9.59 Å². The van der Waals surface area contributed by atoms with E-state index in [4.69, 9.17) is 5.11 Å². The molecule has 1 unspecified atom stereocenters. The molecule has 0 radical (unpaired) electrons. The fourth-order valence-corrected chi connectivity index (χ4v) is 2.10. The Morgan fingerprint density at radius 2 is 2.21 bits per heavy atom. The normalized spacial score (nSPS) is 23.6. The van der Waals surface area contributed by atoms with Crippen molar-refractivity contribution in [3.8, 4) is 0 Å². The van der Waals surface area contributed by atoms with Gasteiger partial charge in [0.05, 0.1) is 5.41 Å². The molecule has 0 heterocycles. The van der Waals surface area contributed by atoms with E-state index in [-0.39, 0.29) is 5.92 Å². The van der Waals surface area contributed by atoms with Crippen LogP contribution in [0, 0.1) is 11.3 Å². The highest BCUT2D eigenvalue weighted by Gasteiger charge is 2.32. The molecule has 0 aliphatic heterocycles. The number of Topliss-reactive ketones (excluding diaryl/α,β-unsaturated/α-hetero) is 1. The van der Waals surface area contributed by atoms with Gasteiger partial charge in [-0.05, 0) is 39.0 Å². The van der Waals surface area contributed by atoms with Gasteiger partial charge in [-0.2, -0.15) is 0 Å². The molecule has 1 aliphatic rings. The summed E-state index contributed by atoms with van der Waals surface area (Å²) >= 11 is 0. The summed E-state index contributed by atoms with van der Waals surface area (Å²) in [5, 5.41) is 8.95. The van der Waals surface area contributed by atoms with Crippen LogP contribution in [0.2, 0.25) is 0 Å². The van der Waals surface area contributed by atoms with Gasteiger partial charge in [0.15, 0.2) is 0 Å². The van der Waals surface area contributed by atoms with Crippen LogP contribution in [0.3, 0.4) is 0 Å². The summed E-state index contributed by atoms with van der Waals surface area (Å²) in [5.74, 6) is -0.194. The second-order valence-electron chi connectivity index (χ2n) is 4.89. The van der Waals surface area contributed by atoms with E-state index in [1.54, 1.807) is 13.8 Å². The summed E-state index contributed by atoms with van der Waals surface area (Å²) in [6, 6.07) is 0. The van der Waals surface area contributed by atoms with E-state index in [1.807, 2.05) is 0 Å². The van der Waals surface area contributed by atoms with Crippen LogP contribution < -0.4 is 0 Å². The lowest BCUT2D eigenvalue weighted by atomic mass is 9.76. The topological polar surface area (TPSA) is 54.4 Å². The average molecular weight is 198 g/mol. The van der Waals surface area contributed by atoms with Crippen molar-refractivity contribution in [1.82, 2.24) is 0 Å². The van der Waals surface area contributed by atoms with Crippen molar-refractivity contribution in [3.63, 3.8) is 0 Å². The second-order valence-corrected chi connectivity index (χ2v) is 4.89. The molecule has 0 aromatic heterocycles. The van der Waals surface area contributed by atoms with Crippen LogP contribution in [0.4, 0.5) is 0 Å². The summed E-state index contributed by atoms with van der Waals surface area (Å²) in [6.45, 7) is 3.46. The summed E-state index contributed by atoms with van der Waals surface area (Å²) in [5.41, 5.74) is -0.692. The standard InChI is InChI=1S/C11H18O3/c1-11(2,10(13)14)7-8-4-3-5-9(12)6-8/h8H,3-7H2,1-2H3,(H,13,14). The number of carboxylic acids is 1. The number of ketones is 1. The lowest BCUT2D eigenvalue weighted by Crippen LogP contribution is -2.29. The average Bonchev–Trinajstić information content (AvgIpc) is 2.02. The molecule has 3 nitrogen and oxygen atoms in total. The number of carbonyl (C=O) groups is 2. The first kappa shape index (κ1) is 11.2. The number of hydrogen-bond donors (Lipinski definition) is 1. The van der Waals surface area contributed by atoms with Crippen molar-refractivity contribution in [2.75, 3.05) is 0 Å². The first-order valence-electron chi connectivity index (χ1n) is 5.17. The van der Waals surface area contributed by atoms with Crippen LogP contribution >= 0.6 is 0 Å². The van der Waals surface area contributed by atoms with E-state index in [0.717, 1.165) is 12.8 Å². The van der Waals surface area contributed by atoms with Gasteiger partial charge >= 0.3 is 5.97 Å². The second kappa shape index (κ2) is 4.11. The predicted molar refractivity (Wildman–Crippen MR) is 53.0 cm³/mol. The van der Waals surface area contributed by atoms with E-state index >= 15 is 0 Å². The number of carboxylic acid groups (broad SMARTS) is 1. The molecule has 0 spiro atoms. The zero-order chi connectivity index (χ0) is 10.8. The molecule has 0 saturated heterocycles. The molecule has 1 N–H and O–H groups in total. The molecule has 1 saturated carbocycles. The fourth-order valence-electron chi connectivity index (χ4n) is 2.10. The Morgan fingerprint density at radius 1 is 1.57 bits per heavy atom. The largest absolute Gasteiger partial charge is 0.481 e. The third-order valence-corrected chi connectivity index (χ3v) is 2.96. The third-order valence-electron chi connectivity index (χ3n) is 2.96. The highest BCUT2D eigenvalue weighted by atomic mass is 16.4. The van der Waals surface area contributed by atoms with E-state index in [0.29, 0.717) is 25.0 Å². The van der Waals surface area contributed by atoms with Crippen molar-refractivity contribution in [1.29, 1.82) is 0 Å². The molecule has 80 valence electrons. The van der Waals surface area contributed by atoms with Crippen molar-refractivity contribution >= 4 is 11.8 Å². The Balaban J connectivity index is 2.51. The minimum absolute atomic E-state index is 0.280. The van der Waals surface area contributed by atoms with Crippen LogP contribution in [0.1, 0.15) is 46.0 Å². The Hall–Kier alpha value is -0.860. The molecule has 1 aliphatic carbocycles. The van der Waals surface area contributed by atoms with E-state index in [2.05, 4.69) is 0 Å². The van der Waals surface area contributed by atoms with Crippen molar-refractivity contribution in [2.24, 2.45) is 11.3 Å². The molecular formula is C11H18O3. The van der Waals surface area contributed by atoms with Gasteiger partial charge < -0.3 is 5.11 Å².